The van der Waals surface area contributed by atoms with E-state index in [1.807, 2.05) is 18.2 Å². The SMILES string of the molecule is C=C(C)C(=O)O.CC(C)(C)COCCOC(=O)c1ccccc1. The predicted octanol–water partition coefficient (Wildman–Crippen LogP) is 3.55. The molecule has 0 fully saturated rings. The van der Waals surface area contributed by atoms with Crippen molar-refractivity contribution in [3.63, 3.8) is 0 Å². The van der Waals surface area contributed by atoms with Crippen molar-refractivity contribution in [1.29, 1.82) is 0 Å². The molecule has 0 atom stereocenters. The first kappa shape index (κ1) is 20.9. The number of rotatable bonds is 6. The molecule has 0 aliphatic carbocycles. The van der Waals surface area contributed by atoms with Gasteiger partial charge in [0.05, 0.1) is 18.8 Å². The van der Waals surface area contributed by atoms with Crippen LogP contribution < -0.4 is 0 Å². The second-order valence-corrected chi connectivity index (χ2v) is 6.20. The third-order valence-electron chi connectivity index (χ3n) is 2.37. The van der Waals surface area contributed by atoms with E-state index in [-0.39, 0.29) is 17.0 Å². The molecule has 0 radical (unpaired) electrons. The van der Waals surface area contributed by atoms with Crippen LogP contribution in [0.1, 0.15) is 38.1 Å². The second-order valence-electron chi connectivity index (χ2n) is 6.20. The predicted molar refractivity (Wildman–Crippen MR) is 89.4 cm³/mol. The van der Waals surface area contributed by atoms with Crippen molar-refractivity contribution >= 4 is 11.9 Å². The highest BCUT2D eigenvalue weighted by Gasteiger charge is 2.10. The number of carboxylic acid groups (broad SMARTS) is 1. The summed E-state index contributed by atoms with van der Waals surface area (Å²) in [6, 6.07) is 8.96. The first-order chi connectivity index (χ1) is 10.6. The highest BCUT2D eigenvalue weighted by molar-refractivity contribution is 5.89. The van der Waals surface area contributed by atoms with E-state index in [9.17, 15) is 9.59 Å². The lowest BCUT2D eigenvalue weighted by molar-refractivity contribution is -0.132. The summed E-state index contributed by atoms with van der Waals surface area (Å²) in [4.78, 5) is 21.1. The minimum atomic E-state index is -0.935. The molecule has 0 spiro atoms. The first-order valence-electron chi connectivity index (χ1n) is 7.32. The molecule has 0 heterocycles. The van der Waals surface area contributed by atoms with Crippen molar-refractivity contribution < 1.29 is 24.2 Å². The summed E-state index contributed by atoms with van der Waals surface area (Å²) in [6.07, 6.45) is 0. The maximum Gasteiger partial charge on any atom is 0.338 e. The number of aliphatic carboxylic acids is 1. The fraction of sp³-hybridized carbons (Fsp3) is 0.444. The molecule has 0 amide bonds. The van der Waals surface area contributed by atoms with Crippen LogP contribution in [-0.4, -0.2) is 36.9 Å². The summed E-state index contributed by atoms with van der Waals surface area (Å²) in [6.45, 7) is 12.3. The molecule has 0 unspecified atom stereocenters. The Morgan fingerprint density at radius 1 is 1.13 bits per heavy atom. The van der Waals surface area contributed by atoms with Crippen LogP contribution in [0.4, 0.5) is 0 Å². The van der Waals surface area contributed by atoms with Gasteiger partial charge in [-0.05, 0) is 24.5 Å². The summed E-state index contributed by atoms with van der Waals surface area (Å²) in [5.41, 5.74) is 0.891. The number of esters is 1. The summed E-state index contributed by atoms with van der Waals surface area (Å²) >= 11 is 0. The van der Waals surface area contributed by atoms with E-state index in [0.29, 0.717) is 25.4 Å². The Morgan fingerprint density at radius 3 is 2.09 bits per heavy atom. The van der Waals surface area contributed by atoms with Crippen LogP contribution in [0.5, 0.6) is 0 Å². The molecule has 5 heteroatoms. The molecule has 0 aliphatic heterocycles. The molecule has 1 rings (SSSR count). The number of carbonyl (C=O) groups excluding carboxylic acids is 1. The quantitative estimate of drug-likeness (QED) is 0.492. The second kappa shape index (κ2) is 10.6. The molecule has 1 N–H and O–H groups in total. The highest BCUT2D eigenvalue weighted by Crippen LogP contribution is 2.12. The molecule has 0 bridgehead atoms. The van der Waals surface area contributed by atoms with Crippen LogP contribution in [0.15, 0.2) is 42.5 Å². The molecule has 5 nitrogen and oxygen atoms in total. The smallest absolute Gasteiger partial charge is 0.338 e. The Hall–Kier alpha value is -2.14. The number of hydrogen-bond donors (Lipinski definition) is 1. The fourth-order valence-electron chi connectivity index (χ4n) is 1.23. The van der Waals surface area contributed by atoms with Crippen LogP contribution >= 0.6 is 0 Å². The standard InChI is InChI=1S/C14H20O3.C4H6O2/c1-14(2,3)11-16-9-10-17-13(15)12-7-5-4-6-8-12;1-3(2)4(5)6/h4-8H,9-11H2,1-3H3;1H2,2H3,(H,5,6). The zero-order valence-electron chi connectivity index (χ0n) is 14.3. The lowest BCUT2D eigenvalue weighted by Crippen LogP contribution is -2.18. The molecule has 23 heavy (non-hydrogen) atoms. The fourth-order valence-corrected chi connectivity index (χ4v) is 1.23. The maximum atomic E-state index is 11.5. The zero-order valence-corrected chi connectivity index (χ0v) is 14.3. The van der Waals surface area contributed by atoms with Crippen LogP contribution in [-0.2, 0) is 14.3 Å². The van der Waals surface area contributed by atoms with Gasteiger partial charge in [-0.3, -0.25) is 0 Å². The van der Waals surface area contributed by atoms with Gasteiger partial charge in [0.15, 0.2) is 0 Å². The van der Waals surface area contributed by atoms with Gasteiger partial charge in [0.2, 0.25) is 0 Å². The van der Waals surface area contributed by atoms with E-state index in [0.717, 1.165) is 0 Å². The summed E-state index contributed by atoms with van der Waals surface area (Å²) < 4.78 is 10.5. The highest BCUT2D eigenvalue weighted by atomic mass is 16.6. The molecular formula is C18H26O5. The third-order valence-corrected chi connectivity index (χ3v) is 2.37. The minimum absolute atomic E-state index is 0.142. The Balaban J connectivity index is 0.000000688. The van der Waals surface area contributed by atoms with Crippen LogP contribution in [0, 0.1) is 5.41 Å². The number of ether oxygens (including phenoxy) is 2. The maximum absolute atomic E-state index is 11.5. The monoisotopic (exact) mass is 322 g/mol. The molecular weight excluding hydrogens is 296 g/mol. The van der Waals surface area contributed by atoms with Gasteiger partial charge in [-0.25, -0.2) is 9.59 Å². The van der Waals surface area contributed by atoms with Crippen molar-refractivity contribution in [3.05, 3.63) is 48.0 Å². The van der Waals surface area contributed by atoms with E-state index >= 15 is 0 Å². The molecule has 0 saturated carbocycles. The first-order valence-corrected chi connectivity index (χ1v) is 7.32. The van der Waals surface area contributed by atoms with Gasteiger partial charge >= 0.3 is 11.9 Å². The van der Waals surface area contributed by atoms with Gasteiger partial charge in [-0.2, -0.15) is 0 Å². The van der Waals surface area contributed by atoms with Crippen molar-refractivity contribution in [2.24, 2.45) is 5.41 Å². The Bertz CT molecular complexity index is 488. The molecule has 128 valence electrons. The summed E-state index contributed by atoms with van der Waals surface area (Å²) in [5, 5.41) is 7.89. The van der Waals surface area contributed by atoms with E-state index in [1.165, 1.54) is 6.92 Å². The van der Waals surface area contributed by atoms with Crippen molar-refractivity contribution in [2.45, 2.75) is 27.7 Å². The van der Waals surface area contributed by atoms with Crippen LogP contribution in [0.3, 0.4) is 0 Å². The minimum Gasteiger partial charge on any atom is -0.478 e. The molecule has 1 aromatic carbocycles. The lowest BCUT2D eigenvalue weighted by atomic mass is 9.99. The van der Waals surface area contributed by atoms with Crippen molar-refractivity contribution in [2.75, 3.05) is 19.8 Å². The Labute approximate surface area is 137 Å². The number of hydrogen-bond acceptors (Lipinski definition) is 4. The number of carboxylic acids is 1. The molecule has 0 saturated heterocycles. The van der Waals surface area contributed by atoms with E-state index in [4.69, 9.17) is 14.6 Å². The molecule has 0 aromatic heterocycles. The van der Waals surface area contributed by atoms with Gasteiger partial charge in [0.1, 0.15) is 6.61 Å². The van der Waals surface area contributed by atoms with Gasteiger partial charge < -0.3 is 14.6 Å². The van der Waals surface area contributed by atoms with E-state index in [2.05, 4.69) is 27.4 Å². The van der Waals surface area contributed by atoms with Gasteiger partial charge in [0.25, 0.3) is 0 Å². The van der Waals surface area contributed by atoms with Gasteiger partial charge in [-0.1, -0.05) is 45.5 Å². The van der Waals surface area contributed by atoms with Crippen molar-refractivity contribution in [3.8, 4) is 0 Å². The lowest BCUT2D eigenvalue weighted by Gasteiger charge is -2.17. The molecule has 1 aromatic rings. The van der Waals surface area contributed by atoms with Crippen LogP contribution in [0.25, 0.3) is 0 Å². The van der Waals surface area contributed by atoms with Gasteiger partial charge in [-0.15, -0.1) is 0 Å². The summed E-state index contributed by atoms with van der Waals surface area (Å²) in [7, 11) is 0. The topological polar surface area (TPSA) is 72.8 Å². The van der Waals surface area contributed by atoms with Crippen molar-refractivity contribution in [1.82, 2.24) is 0 Å². The Morgan fingerprint density at radius 2 is 1.65 bits per heavy atom. The van der Waals surface area contributed by atoms with Gasteiger partial charge in [0, 0.05) is 5.57 Å². The van der Waals surface area contributed by atoms with E-state index < -0.39 is 5.97 Å². The largest absolute Gasteiger partial charge is 0.478 e. The van der Waals surface area contributed by atoms with Crippen LogP contribution in [0.2, 0.25) is 0 Å². The third kappa shape index (κ3) is 12.1. The molecule has 0 aliphatic rings. The average Bonchev–Trinajstić information content (AvgIpc) is 2.47. The Kier molecular flexibility index (Phi) is 9.58. The number of carbonyl (C=O) groups is 2. The average molecular weight is 322 g/mol. The van der Waals surface area contributed by atoms with E-state index in [1.54, 1.807) is 12.1 Å². The normalized spacial score (nSPS) is 10.3. The summed E-state index contributed by atoms with van der Waals surface area (Å²) in [5.74, 6) is -1.24. The zero-order chi connectivity index (χ0) is 17.9. The number of benzene rings is 1.